The minimum absolute atomic E-state index is 0.0646. The fraction of sp³-hybridized carbons (Fsp3) is 0.250. The Morgan fingerprint density at radius 1 is 1.82 bits per heavy atom. The zero-order valence-electron chi connectivity index (χ0n) is 6.10. The first kappa shape index (κ1) is 9.04. The van der Waals surface area contributed by atoms with Gasteiger partial charge in [-0.05, 0) is 46.6 Å². The molecule has 0 fully saturated rings. The predicted octanol–water partition coefficient (Wildman–Crippen LogP) is 2.25. The fourth-order valence-corrected chi connectivity index (χ4v) is 2.22. The molecule has 0 saturated heterocycles. The van der Waals surface area contributed by atoms with E-state index in [0.29, 0.717) is 0 Å². The van der Waals surface area contributed by atoms with Crippen LogP contribution < -0.4 is 5.32 Å². The molecule has 0 saturated carbocycles. The molecule has 1 aromatic rings. The molecule has 0 aliphatic carbocycles. The van der Waals surface area contributed by atoms with Gasteiger partial charge in [-0.2, -0.15) is 0 Å². The van der Waals surface area contributed by atoms with Crippen molar-refractivity contribution in [2.75, 3.05) is 7.05 Å². The molecule has 0 aromatic carbocycles. The van der Waals surface area contributed by atoms with Crippen LogP contribution in [0.1, 0.15) is 11.6 Å². The van der Waals surface area contributed by atoms with E-state index in [1.807, 2.05) is 7.05 Å². The van der Waals surface area contributed by atoms with E-state index in [9.17, 15) is 0 Å². The summed E-state index contributed by atoms with van der Waals surface area (Å²) >= 11 is 4.00. The monoisotopic (exact) mass is 277 g/mol. The van der Waals surface area contributed by atoms with Crippen LogP contribution in [0.3, 0.4) is 0 Å². The second-order valence-electron chi connectivity index (χ2n) is 2.07. The van der Waals surface area contributed by atoms with Gasteiger partial charge in [0.15, 0.2) is 0 Å². The van der Waals surface area contributed by atoms with Crippen LogP contribution in [-0.4, -0.2) is 7.05 Å². The number of terminal acetylenes is 1. The van der Waals surface area contributed by atoms with Crippen LogP contribution >= 0.6 is 33.9 Å². The lowest BCUT2D eigenvalue weighted by Gasteiger charge is -2.04. The van der Waals surface area contributed by atoms with E-state index in [4.69, 9.17) is 6.42 Å². The average Bonchev–Trinajstić information content (AvgIpc) is 2.39. The quantitative estimate of drug-likeness (QED) is 0.646. The van der Waals surface area contributed by atoms with Crippen molar-refractivity contribution in [3.8, 4) is 12.3 Å². The first-order valence-electron chi connectivity index (χ1n) is 3.15. The molecule has 0 amide bonds. The van der Waals surface area contributed by atoms with Crippen LogP contribution in [0.5, 0.6) is 0 Å². The molecule has 0 aliphatic heterocycles. The Hall–Kier alpha value is -0.0500. The van der Waals surface area contributed by atoms with Gasteiger partial charge in [-0.3, -0.25) is 0 Å². The summed E-state index contributed by atoms with van der Waals surface area (Å²) in [4.78, 5) is 0. The van der Waals surface area contributed by atoms with E-state index in [-0.39, 0.29) is 6.04 Å². The van der Waals surface area contributed by atoms with E-state index >= 15 is 0 Å². The molecule has 0 aliphatic rings. The van der Waals surface area contributed by atoms with E-state index < -0.39 is 0 Å². The molecule has 1 heterocycles. The SMILES string of the molecule is C#CC(NC)c1csc(I)c1. The molecular formula is C8H8INS. The second kappa shape index (κ2) is 4.10. The van der Waals surface area contributed by atoms with Crippen LogP contribution in [0, 0.1) is 15.2 Å². The van der Waals surface area contributed by atoms with Gasteiger partial charge < -0.3 is 5.32 Å². The van der Waals surface area contributed by atoms with Crippen LogP contribution in [0.2, 0.25) is 0 Å². The fourth-order valence-electron chi connectivity index (χ4n) is 0.821. The molecule has 58 valence electrons. The van der Waals surface area contributed by atoms with Gasteiger partial charge in [-0.1, -0.05) is 5.92 Å². The summed E-state index contributed by atoms with van der Waals surface area (Å²) in [5.41, 5.74) is 1.18. The average molecular weight is 277 g/mol. The van der Waals surface area contributed by atoms with E-state index in [1.54, 1.807) is 11.3 Å². The lowest BCUT2D eigenvalue weighted by molar-refractivity contribution is 0.739. The maximum absolute atomic E-state index is 5.31. The molecule has 3 heteroatoms. The van der Waals surface area contributed by atoms with Gasteiger partial charge >= 0.3 is 0 Å². The topological polar surface area (TPSA) is 12.0 Å². The molecule has 1 N–H and O–H groups in total. The van der Waals surface area contributed by atoms with Crippen molar-refractivity contribution in [2.24, 2.45) is 0 Å². The van der Waals surface area contributed by atoms with Crippen molar-refractivity contribution in [2.45, 2.75) is 6.04 Å². The first-order chi connectivity index (χ1) is 5.27. The van der Waals surface area contributed by atoms with Gasteiger partial charge in [-0.25, -0.2) is 0 Å². The molecule has 0 bridgehead atoms. The lowest BCUT2D eigenvalue weighted by atomic mass is 10.2. The molecule has 1 aromatic heterocycles. The third kappa shape index (κ3) is 2.19. The Bertz CT molecular complexity index is 274. The number of hydrogen-bond acceptors (Lipinski definition) is 2. The van der Waals surface area contributed by atoms with Crippen molar-refractivity contribution in [1.29, 1.82) is 0 Å². The maximum atomic E-state index is 5.31. The van der Waals surface area contributed by atoms with E-state index in [0.717, 1.165) is 0 Å². The van der Waals surface area contributed by atoms with Crippen LogP contribution in [-0.2, 0) is 0 Å². The third-order valence-corrected chi connectivity index (χ3v) is 3.18. The highest BCUT2D eigenvalue weighted by Gasteiger charge is 2.05. The minimum atomic E-state index is 0.0646. The standard InChI is InChI=1S/C8H8INS/c1-3-7(10-2)6-4-8(9)11-5-6/h1,4-5,7,10H,2H3. The maximum Gasteiger partial charge on any atom is 0.0949 e. The van der Waals surface area contributed by atoms with Crippen molar-refractivity contribution < 1.29 is 0 Å². The highest BCUT2D eigenvalue weighted by molar-refractivity contribution is 14.1. The normalized spacial score (nSPS) is 12.5. The Balaban J connectivity index is 2.84. The van der Waals surface area contributed by atoms with Crippen molar-refractivity contribution >= 4 is 33.9 Å². The summed E-state index contributed by atoms with van der Waals surface area (Å²) in [6, 6.07) is 2.17. The number of hydrogen-bond donors (Lipinski definition) is 1. The zero-order chi connectivity index (χ0) is 8.27. The second-order valence-corrected chi connectivity index (χ2v) is 4.88. The highest BCUT2D eigenvalue weighted by Crippen LogP contribution is 2.21. The summed E-state index contributed by atoms with van der Waals surface area (Å²) in [6.07, 6.45) is 5.31. The largest absolute Gasteiger partial charge is 0.303 e. The molecule has 1 unspecified atom stereocenters. The van der Waals surface area contributed by atoms with Gasteiger partial charge in [-0.15, -0.1) is 17.8 Å². The van der Waals surface area contributed by atoms with Crippen molar-refractivity contribution in [3.63, 3.8) is 0 Å². The summed E-state index contributed by atoms with van der Waals surface area (Å²) in [5.74, 6) is 2.67. The molecule has 11 heavy (non-hydrogen) atoms. The summed E-state index contributed by atoms with van der Waals surface area (Å²) in [6.45, 7) is 0. The van der Waals surface area contributed by atoms with E-state index in [2.05, 4.69) is 45.3 Å². The summed E-state index contributed by atoms with van der Waals surface area (Å²) in [7, 11) is 1.87. The minimum Gasteiger partial charge on any atom is -0.303 e. The number of thiophene rings is 1. The van der Waals surface area contributed by atoms with Crippen LogP contribution in [0.4, 0.5) is 0 Å². The van der Waals surface area contributed by atoms with Gasteiger partial charge in [0, 0.05) is 0 Å². The third-order valence-electron chi connectivity index (χ3n) is 1.38. The van der Waals surface area contributed by atoms with Gasteiger partial charge in [0.1, 0.15) is 0 Å². The molecule has 1 nitrogen and oxygen atoms in total. The highest BCUT2D eigenvalue weighted by atomic mass is 127. The summed E-state index contributed by atoms with van der Waals surface area (Å²) < 4.78 is 1.27. The van der Waals surface area contributed by atoms with Gasteiger partial charge in [0.2, 0.25) is 0 Å². The van der Waals surface area contributed by atoms with Gasteiger partial charge in [0.05, 0.1) is 8.93 Å². The number of nitrogens with one attached hydrogen (secondary N) is 1. The number of rotatable bonds is 2. The number of halogens is 1. The van der Waals surface area contributed by atoms with E-state index in [1.165, 1.54) is 8.45 Å². The zero-order valence-corrected chi connectivity index (χ0v) is 9.07. The van der Waals surface area contributed by atoms with Crippen molar-refractivity contribution in [3.05, 3.63) is 19.9 Å². The Labute approximate surface area is 84.3 Å². The first-order valence-corrected chi connectivity index (χ1v) is 5.11. The molecule has 1 rings (SSSR count). The summed E-state index contributed by atoms with van der Waals surface area (Å²) in [5, 5.41) is 5.13. The molecule has 0 radical (unpaired) electrons. The molecule has 1 atom stereocenters. The van der Waals surface area contributed by atoms with Crippen LogP contribution in [0.15, 0.2) is 11.4 Å². The Morgan fingerprint density at radius 3 is 2.91 bits per heavy atom. The van der Waals surface area contributed by atoms with Crippen molar-refractivity contribution in [1.82, 2.24) is 5.32 Å². The molecule has 0 spiro atoms. The molecular weight excluding hydrogens is 269 g/mol. The smallest absolute Gasteiger partial charge is 0.0949 e. The Morgan fingerprint density at radius 2 is 2.55 bits per heavy atom. The lowest BCUT2D eigenvalue weighted by Crippen LogP contribution is -2.12. The Kier molecular flexibility index (Phi) is 3.37. The predicted molar refractivity (Wildman–Crippen MR) is 57.7 cm³/mol. The van der Waals surface area contributed by atoms with Gasteiger partial charge in [0.25, 0.3) is 0 Å². The van der Waals surface area contributed by atoms with Crippen LogP contribution in [0.25, 0.3) is 0 Å².